The predicted octanol–water partition coefficient (Wildman–Crippen LogP) is 1.49. The zero-order valence-electron chi connectivity index (χ0n) is 10.3. The van der Waals surface area contributed by atoms with Gasteiger partial charge in [-0.1, -0.05) is 0 Å². The van der Waals surface area contributed by atoms with E-state index in [1.807, 2.05) is 6.07 Å². The van der Waals surface area contributed by atoms with Crippen LogP contribution in [0.2, 0.25) is 0 Å². The highest BCUT2D eigenvalue weighted by molar-refractivity contribution is 5.90. The normalized spacial score (nSPS) is 9.95. The lowest BCUT2D eigenvalue weighted by Gasteiger charge is -2.08. The van der Waals surface area contributed by atoms with Crippen molar-refractivity contribution in [3.05, 3.63) is 35.3 Å². The number of hydrogen-bond donors (Lipinski definition) is 1. The molecule has 0 amide bonds. The number of aryl methyl sites for hydroxylation is 2. The third-order valence-electron chi connectivity index (χ3n) is 2.50. The summed E-state index contributed by atoms with van der Waals surface area (Å²) in [6.45, 7) is 1.67. The van der Waals surface area contributed by atoms with Gasteiger partial charge in [-0.15, -0.1) is 0 Å². The lowest BCUT2D eigenvalue weighted by atomic mass is 10.2. The molecule has 2 aromatic rings. The molecule has 2 aromatic heterocycles. The molecule has 0 aliphatic carbocycles. The third-order valence-corrected chi connectivity index (χ3v) is 2.50. The Labute approximate surface area is 108 Å². The summed E-state index contributed by atoms with van der Waals surface area (Å²) in [6, 6.07) is 3.30. The Kier molecular flexibility index (Phi) is 3.16. The minimum Gasteiger partial charge on any atom is -0.478 e. The average Bonchev–Trinajstić information content (AvgIpc) is 2.64. The molecule has 96 valence electrons. The van der Waals surface area contributed by atoms with Crippen molar-refractivity contribution in [2.45, 2.75) is 6.92 Å². The number of ether oxygens (including phenoxy) is 1. The number of rotatable bonds is 3. The van der Waals surface area contributed by atoms with Crippen molar-refractivity contribution in [1.82, 2.24) is 14.8 Å². The Morgan fingerprint density at radius 3 is 2.95 bits per heavy atom. The second-order valence-electron chi connectivity index (χ2n) is 3.78. The summed E-state index contributed by atoms with van der Waals surface area (Å²) >= 11 is 0. The van der Waals surface area contributed by atoms with Crippen LogP contribution in [0.4, 0.5) is 0 Å². The highest BCUT2D eigenvalue weighted by Crippen LogP contribution is 2.28. The molecule has 0 spiro atoms. The number of carboxylic acids is 1. The van der Waals surface area contributed by atoms with Gasteiger partial charge in [-0.3, -0.25) is 4.98 Å². The molecule has 19 heavy (non-hydrogen) atoms. The Morgan fingerprint density at radius 2 is 2.32 bits per heavy atom. The van der Waals surface area contributed by atoms with E-state index in [0.717, 1.165) is 0 Å². The maximum Gasteiger partial charge on any atom is 0.339 e. The zero-order valence-corrected chi connectivity index (χ0v) is 10.3. The fourth-order valence-corrected chi connectivity index (χ4v) is 1.62. The lowest BCUT2D eigenvalue weighted by molar-refractivity contribution is 0.0693. The molecule has 0 saturated carbocycles. The maximum atomic E-state index is 11.1. The standard InChI is InChI=1S/C12H10N4O3/c1-7-9(5-13)11(16(2)15-7)19-10-6-14-4-3-8(10)12(17)18/h3-4,6H,1-2H3,(H,17,18). The smallest absolute Gasteiger partial charge is 0.339 e. The number of nitriles is 1. The second kappa shape index (κ2) is 4.78. The number of carboxylic acid groups (broad SMARTS) is 1. The molecule has 0 atom stereocenters. The first-order valence-corrected chi connectivity index (χ1v) is 5.33. The van der Waals surface area contributed by atoms with Gasteiger partial charge in [-0.05, 0) is 13.0 Å². The van der Waals surface area contributed by atoms with Gasteiger partial charge < -0.3 is 9.84 Å². The molecule has 2 rings (SSSR count). The van der Waals surface area contributed by atoms with E-state index < -0.39 is 5.97 Å². The largest absolute Gasteiger partial charge is 0.478 e. The lowest BCUT2D eigenvalue weighted by Crippen LogP contribution is -2.03. The summed E-state index contributed by atoms with van der Waals surface area (Å²) in [7, 11) is 1.61. The van der Waals surface area contributed by atoms with Crippen molar-refractivity contribution in [3.8, 4) is 17.7 Å². The summed E-state index contributed by atoms with van der Waals surface area (Å²) in [6.07, 6.45) is 2.64. The van der Waals surface area contributed by atoms with Crippen LogP contribution in [0.5, 0.6) is 11.6 Å². The molecule has 0 unspecified atom stereocenters. The molecule has 0 radical (unpaired) electrons. The Balaban J connectivity index is 2.48. The van der Waals surface area contributed by atoms with Gasteiger partial charge in [0, 0.05) is 13.2 Å². The Morgan fingerprint density at radius 1 is 1.58 bits per heavy atom. The molecular weight excluding hydrogens is 248 g/mol. The van der Waals surface area contributed by atoms with Crippen molar-refractivity contribution < 1.29 is 14.6 Å². The third kappa shape index (κ3) is 2.24. The van der Waals surface area contributed by atoms with E-state index in [1.165, 1.54) is 23.1 Å². The van der Waals surface area contributed by atoms with E-state index in [9.17, 15) is 4.79 Å². The monoisotopic (exact) mass is 258 g/mol. The fourth-order valence-electron chi connectivity index (χ4n) is 1.62. The summed E-state index contributed by atoms with van der Waals surface area (Å²) in [5.41, 5.74) is 0.751. The average molecular weight is 258 g/mol. The number of carbonyl (C=O) groups is 1. The Bertz CT molecular complexity index is 685. The first-order valence-electron chi connectivity index (χ1n) is 5.33. The minimum absolute atomic E-state index is 0.0299. The fraction of sp³-hybridized carbons (Fsp3) is 0.167. The minimum atomic E-state index is -1.13. The maximum absolute atomic E-state index is 11.1. The zero-order chi connectivity index (χ0) is 14.0. The van der Waals surface area contributed by atoms with Gasteiger partial charge in [0.25, 0.3) is 0 Å². The van der Waals surface area contributed by atoms with Gasteiger partial charge in [0.2, 0.25) is 5.88 Å². The Hall–Kier alpha value is -2.88. The SMILES string of the molecule is Cc1nn(C)c(Oc2cnccc2C(=O)O)c1C#N. The summed E-state index contributed by atoms with van der Waals surface area (Å²) in [5, 5.41) is 22.2. The molecule has 2 heterocycles. The van der Waals surface area contributed by atoms with Crippen LogP contribution in [0.3, 0.4) is 0 Å². The summed E-state index contributed by atoms with van der Waals surface area (Å²) < 4.78 is 6.86. The van der Waals surface area contributed by atoms with E-state index >= 15 is 0 Å². The van der Waals surface area contributed by atoms with Crippen LogP contribution in [0.25, 0.3) is 0 Å². The van der Waals surface area contributed by atoms with Gasteiger partial charge in [0.05, 0.1) is 11.9 Å². The summed E-state index contributed by atoms with van der Waals surface area (Å²) in [5.74, 6) is -0.875. The van der Waals surface area contributed by atoms with E-state index in [-0.39, 0.29) is 22.8 Å². The molecule has 0 aromatic carbocycles. The van der Waals surface area contributed by atoms with Crippen LogP contribution in [-0.2, 0) is 7.05 Å². The number of aromatic nitrogens is 3. The van der Waals surface area contributed by atoms with Crippen LogP contribution in [0.1, 0.15) is 21.6 Å². The van der Waals surface area contributed by atoms with E-state index in [2.05, 4.69) is 10.1 Å². The van der Waals surface area contributed by atoms with Gasteiger partial charge >= 0.3 is 5.97 Å². The van der Waals surface area contributed by atoms with Crippen molar-refractivity contribution in [2.24, 2.45) is 7.05 Å². The van der Waals surface area contributed by atoms with E-state index in [1.54, 1.807) is 14.0 Å². The van der Waals surface area contributed by atoms with Gasteiger partial charge in [-0.2, -0.15) is 10.4 Å². The number of pyridine rings is 1. The first-order chi connectivity index (χ1) is 9.04. The molecule has 0 bridgehead atoms. The number of aromatic carboxylic acids is 1. The van der Waals surface area contributed by atoms with Crippen LogP contribution in [0.15, 0.2) is 18.5 Å². The highest BCUT2D eigenvalue weighted by atomic mass is 16.5. The molecule has 7 heteroatoms. The van der Waals surface area contributed by atoms with Gasteiger partial charge in [0.1, 0.15) is 17.2 Å². The van der Waals surface area contributed by atoms with E-state index in [0.29, 0.717) is 5.69 Å². The van der Waals surface area contributed by atoms with Crippen molar-refractivity contribution in [1.29, 1.82) is 5.26 Å². The molecule has 0 fully saturated rings. The van der Waals surface area contributed by atoms with Gasteiger partial charge in [-0.25, -0.2) is 9.48 Å². The molecule has 0 aliphatic rings. The molecule has 1 N–H and O–H groups in total. The van der Waals surface area contributed by atoms with Crippen molar-refractivity contribution in [3.63, 3.8) is 0 Å². The van der Waals surface area contributed by atoms with Crippen LogP contribution in [-0.4, -0.2) is 25.8 Å². The van der Waals surface area contributed by atoms with Crippen LogP contribution < -0.4 is 4.74 Å². The predicted molar refractivity (Wildman–Crippen MR) is 63.9 cm³/mol. The topological polar surface area (TPSA) is 101 Å². The number of hydrogen-bond acceptors (Lipinski definition) is 5. The van der Waals surface area contributed by atoms with Gasteiger partial charge in [0.15, 0.2) is 5.75 Å². The molecular formula is C12H10N4O3. The van der Waals surface area contributed by atoms with Crippen molar-refractivity contribution in [2.75, 3.05) is 0 Å². The second-order valence-corrected chi connectivity index (χ2v) is 3.78. The highest BCUT2D eigenvalue weighted by Gasteiger charge is 2.18. The first kappa shape index (κ1) is 12.6. The molecule has 0 saturated heterocycles. The summed E-state index contributed by atoms with van der Waals surface area (Å²) in [4.78, 5) is 14.9. The quantitative estimate of drug-likeness (QED) is 0.894. The van der Waals surface area contributed by atoms with Crippen LogP contribution in [0, 0.1) is 18.3 Å². The molecule has 0 aliphatic heterocycles. The number of nitrogens with zero attached hydrogens (tertiary/aromatic N) is 4. The molecule has 7 nitrogen and oxygen atoms in total. The van der Waals surface area contributed by atoms with E-state index in [4.69, 9.17) is 15.1 Å². The van der Waals surface area contributed by atoms with Crippen LogP contribution >= 0.6 is 0 Å². The van der Waals surface area contributed by atoms with Crippen molar-refractivity contribution >= 4 is 5.97 Å².